The number of carbonyl (C=O) groups is 1. The van der Waals surface area contributed by atoms with Crippen molar-refractivity contribution in [2.75, 3.05) is 11.9 Å². The molecular formula is C15H17N3O3. The molecule has 1 amide bonds. The Kier molecular flexibility index (Phi) is 4.84. The van der Waals surface area contributed by atoms with E-state index in [0.717, 1.165) is 11.3 Å². The van der Waals surface area contributed by atoms with Gasteiger partial charge in [0, 0.05) is 28.7 Å². The molecule has 2 rings (SSSR count). The van der Waals surface area contributed by atoms with Crippen LogP contribution in [0.1, 0.15) is 18.2 Å². The van der Waals surface area contributed by atoms with E-state index in [9.17, 15) is 9.90 Å². The molecule has 21 heavy (non-hydrogen) atoms. The number of aliphatic hydroxyl groups is 1. The fourth-order valence-electron chi connectivity index (χ4n) is 1.85. The molecule has 0 fully saturated rings. The van der Waals surface area contributed by atoms with Crippen molar-refractivity contribution >= 4 is 11.8 Å². The number of benzene rings is 1. The second kappa shape index (κ2) is 6.81. The zero-order valence-electron chi connectivity index (χ0n) is 12.0. The minimum atomic E-state index is -0.549. The van der Waals surface area contributed by atoms with Crippen LogP contribution < -0.4 is 5.32 Å². The minimum absolute atomic E-state index is 0.207. The van der Waals surface area contributed by atoms with Crippen LogP contribution in [0.5, 0.6) is 0 Å². The van der Waals surface area contributed by atoms with E-state index >= 15 is 0 Å². The van der Waals surface area contributed by atoms with Crippen LogP contribution >= 0.6 is 0 Å². The highest BCUT2D eigenvalue weighted by Crippen LogP contribution is 2.23. The van der Waals surface area contributed by atoms with Gasteiger partial charge in [-0.25, -0.2) is 14.8 Å². The fourth-order valence-corrected chi connectivity index (χ4v) is 1.85. The Morgan fingerprint density at radius 1 is 1.38 bits per heavy atom. The number of ether oxygens (including phenoxy) is 1. The first kappa shape index (κ1) is 14.9. The molecule has 0 unspecified atom stereocenters. The molecule has 0 radical (unpaired) electrons. The highest BCUT2D eigenvalue weighted by atomic mass is 16.5. The lowest BCUT2D eigenvalue weighted by molar-refractivity contribution is 0.168. The number of rotatable bonds is 4. The van der Waals surface area contributed by atoms with Crippen molar-refractivity contribution in [1.29, 1.82) is 0 Å². The third-order valence-corrected chi connectivity index (χ3v) is 2.84. The number of aryl methyl sites for hydroxylation is 1. The molecule has 0 saturated carbocycles. The molecule has 6 nitrogen and oxygen atoms in total. The van der Waals surface area contributed by atoms with Gasteiger partial charge < -0.3 is 9.84 Å². The van der Waals surface area contributed by atoms with Gasteiger partial charge in [0.15, 0.2) is 5.82 Å². The average Bonchev–Trinajstić information content (AvgIpc) is 2.48. The molecule has 1 heterocycles. The van der Waals surface area contributed by atoms with Gasteiger partial charge in [-0.05, 0) is 38.1 Å². The molecule has 1 aromatic carbocycles. The Morgan fingerprint density at radius 2 is 2.19 bits per heavy atom. The summed E-state index contributed by atoms with van der Waals surface area (Å²) in [6.45, 7) is 3.69. The van der Waals surface area contributed by atoms with E-state index in [1.54, 1.807) is 31.3 Å². The van der Waals surface area contributed by atoms with Crippen LogP contribution in [-0.4, -0.2) is 27.8 Å². The summed E-state index contributed by atoms with van der Waals surface area (Å²) in [6.07, 6.45) is 1.13. The minimum Gasteiger partial charge on any atom is -0.450 e. The fraction of sp³-hybridized carbons (Fsp3) is 0.267. The number of nitrogens with zero attached hydrogens (tertiary/aromatic N) is 2. The number of aliphatic hydroxyl groups excluding tert-OH is 1. The number of anilines is 1. The van der Waals surface area contributed by atoms with E-state index in [0.29, 0.717) is 17.1 Å². The van der Waals surface area contributed by atoms with E-state index < -0.39 is 6.09 Å². The van der Waals surface area contributed by atoms with Crippen molar-refractivity contribution in [2.24, 2.45) is 0 Å². The molecule has 0 saturated heterocycles. The number of hydrogen-bond donors (Lipinski definition) is 2. The second-order valence-electron chi connectivity index (χ2n) is 4.40. The molecule has 2 N–H and O–H groups in total. The van der Waals surface area contributed by atoms with E-state index in [1.807, 2.05) is 13.0 Å². The van der Waals surface area contributed by atoms with Crippen LogP contribution in [0.15, 0.2) is 30.5 Å². The van der Waals surface area contributed by atoms with Crippen LogP contribution in [-0.2, 0) is 11.3 Å². The van der Waals surface area contributed by atoms with Gasteiger partial charge in [0.25, 0.3) is 0 Å². The van der Waals surface area contributed by atoms with E-state index in [4.69, 9.17) is 4.74 Å². The van der Waals surface area contributed by atoms with Gasteiger partial charge in [0.2, 0.25) is 0 Å². The van der Waals surface area contributed by atoms with E-state index in [-0.39, 0.29) is 13.2 Å². The van der Waals surface area contributed by atoms with Crippen LogP contribution in [0.25, 0.3) is 11.4 Å². The topological polar surface area (TPSA) is 84.3 Å². The largest absolute Gasteiger partial charge is 0.450 e. The maximum absolute atomic E-state index is 11.4. The van der Waals surface area contributed by atoms with Crippen LogP contribution in [0.2, 0.25) is 0 Å². The smallest absolute Gasteiger partial charge is 0.411 e. The molecule has 0 aliphatic rings. The summed E-state index contributed by atoms with van der Waals surface area (Å²) in [5, 5.41) is 12.0. The molecule has 2 aromatic rings. The third kappa shape index (κ3) is 3.76. The SMILES string of the molecule is CCOC(=O)Nc1ccc(-c2nccc(C)n2)cc1CO. The Balaban J connectivity index is 2.30. The van der Waals surface area contributed by atoms with E-state index in [2.05, 4.69) is 15.3 Å². The average molecular weight is 287 g/mol. The third-order valence-electron chi connectivity index (χ3n) is 2.84. The highest BCUT2D eigenvalue weighted by Gasteiger charge is 2.10. The monoisotopic (exact) mass is 287 g/mol. The number of nitrogens with one attached hydrogen (secondary N) is 1. The summed E-state index contributed by atoms with van der Waals surface area (Å²) < 4.78 is 4.82. The maximum atomic E-state index is 11.4. The predicted molar refractivity (Wildman–Crippen MR) is 78.8 cm³/mol. The van der Waals surface area contributed by atoms with Crippen LogP contribution in [0.4, 0.5) is 10.5 Å². The van der Waals surface area contributed by atoms with Gasteiger partial charge in [-0.2, -0.15) is 0 Å². The lowest BCUT2D eigenvalue weighted by Gasteiger charge is -2.11. The Hall–Kier alpha value is -2.47. The molecule has 1 aromatic heterocycles. The van der Waals surface area contributed by atoms with Crippen molar-refractivity contribution in [1.82, 2.24) is 9.97 Å². The van der Waals surface area contributed by atoms with Gasteiger partial charge in [-0.3, -0.25) is 5.32 Å². The van der Waals surface area contributed by atoms with Gasteiger partial charge in [-0.15, -0.1) is 0 Å². The number of amides is 1. The quantitative estimate of drug-likeness (QED) is 0.902. The molecule has 0 aliphatic carbocycles. The Morgan fingerprint density at radius 3 is 2.86 bits per heavy atom. The van der Waals surface area contributed by atoms with Gasteiger partial charge in [0.05, 0.1) is 13.2 Å². The number of hydrogen-bond acceptors (Lipinski definition) is 5. The van der Waals surface area contributed by atoms with Crippen LogP contribution in [0, 0.1) is 6.92 Å². The number of aromatic nitrogens is 2. The first-order valence-electron chi connectivity index (χ1n) is 6.61. The number of carbonyl (C=O) groups excluding carboxylic acids is 1. The zero-order chi connectivity index (χ0) is 15.2. The molecule has 0 spiro atoms. The normalized spacial score (nSPS) is 10.2. The standard InChI is InChI=1S/C15H17N3O3/c1-3-21-15(20)18-13-5-4-11(8-12(13)9-19)14-16-7-6-10(2)17-14/h4-8,19H,3,9H2,1-2H3,(H,18,20). The Bertz CT molecular complexity index is 644. The van der Waals surface area contributed by atoms with Crippen molar-refractivity contribution in [3.05, 3.63) is 41.7 Å². The molecule has 6 heteroatoms. The van der Waals surface area contributed by atoms with Crippen molar-refractivity contribution < 1.29 is 14.6 Å². The summed E-state index contributed by atoms with van der Waals surface area (Å²) in [5.74, 6) is 0.576. The summed E-state index contributed by atoms with van der Waals surface area (Å²) in [5.41, 5.74) is 2.72. The molecule has 0 atom stereocenters. The zero-order valence-corrected chi connectivity index (χ0v) is 12.0. The first-order chi connectivity index (χ1) is 10.1. The summed E-state index contributed by atoms with van der Waals surface area (Å²) in [7, 11) is 0. The lowest BCUT2D eigenvalue weighted by Crippen LogP contribution is -2.14. The van der Waals surface area contributed by atoms with Gasteiger partial charge in [0.1, 0.15) is 0 Å². The van der Waals surface area contributed by atoms with Gasteiger partial charge >= 0.3 is 6.09 Å². The molecule has 0 bridgehead atoms. The maximum Gasteiger partial charge on any atom is 0.411 e. The Labute approximate surface area is 122 Å². The predicted octanol–water partition coefficient (Wildman–Crippen LogP) is 2.51. The van der Waals surface area contributed by atoms with E-state index in [1.165, 1.54) is 0 Å². The lowest BCUT2D eigenvalue weighted by atomic mass is 10.1. The first-order valence-corrected chi connectivity index (χ1v) is 6.61. The summed E-state index contributed by atoms with van der Waals surface area (Å²) in [6, 6.07) is 7.04. The van der Waals surface area contributed by atoms with Crippen molar-refractivity contribution in [3.63, 3.8) is 0 Å². The van der Waals surface area contributed by atoms with Crippen molar-refractivity contribution in [3.8, 4) is 11.4 Å². The van der Waals surface area contributed by atoms with Gasteiger partial charge in [-0.1, -0.05) is 0 Å². The molecule has 0 aliphatic heterocycles. The summed E-state index contributed by atoms with van der Waals surface area (Å²) in [4.78, 5) is 20.0. The highest BCUT2D eigenvalue weighted by molar-refractivity contribution is 5.86. The van der Waals surface area contributed by atoms with Crippen LogP contribution in [0.3, 0.4) is 0 Å². The molecular weight excluding hydrogens is 270 g/mol. The second-order valence-corrected chi connectivity index (χ2v) is 4.40. The van der Waals surface area contributed by atoms with Crippen molar-refractivity contribution in [2.45, 2.75) is 20.5 Å². The summed E-state index contributed by atoms with van der Waals surface area (Å²) >= 11 is 0. The molecule has 110 valence electrons.